The predicted octanol–water partition coefficient (Wildman–Crippen LogP) is 1.73. The van der Waals surface area contributed by atoms with E-state index in [0.717, 1.165) is 10.9 Å². The monoisotopic (exact) mass is 217 g/mol. The molecule has 0 saturated carbocycles. The topological polar surface area (TPSA) is 77.2 Å². The first-order valence-corrected chi connectivity index (χ1v) is 4.70. The molecule has 1 aromatic carbocycles. The van der Waals surface area contributed by atoms with E-state index in [-0.39, 0.29) is 0 Å². The number of aromatic nitrogens is 1. The SMILES string of the molecule is COc1ccc2nccc(NC(N)=O)c2c1. The lowest BCUT2D eigenvalue weighted by molar-refractivity contribution is 0.259. The molecule has 3 N–H and O–H groups in total. The first-order valence-electron chi connectivity index (χ1n) is 4.70. The summed E-state index contributed by atoms with van der Waals surface area (Å²) in [6.45, 7) is 0. The van der Waals surface area contributed by atoms with Gasteiger partial charge in [0.25, 0.3) is 0 Å². The molecular weight excluding hydrogens is 206 g/mol. The summed E-state index contributed by atoms with van der Waals surface area (Å²) in [6, 6.07) is 6.51. The first kappa shape index (κ1) is 10.2. The summed E-state index contributed by atoms with van der Waals surface area (Å²) in [5.74, 6) is 0.702. The minimum Gasteiger partial charge on any atom is -0.497 e. The fraction of sp³-hybridized carbons (Fsp3) is 0.0909. The molecule has 0 aliphatic carbocycles. The Balaban J connectivity index is 2.59. The number of methoxy groups -OCH3 is 1. The average molecular weight is 217 g/mol. The van der Waals surface area contributed by atoms with E-state index in [1.54, 1.807) is 25.4 Å². The van der Waals surface area contributed by atoms with Crippen molar-refractivity contribution in [1.29, 1.82) is 0 Å². The molecule has 1 aromatic heterocycles. The normalized spacial score (nSPS) is 10.1. The summed E-state index contributed by atoms with van der Waals surface area (Å²) >= 11 is 0. The van der Waals surface area contributed by atoms with Crippen molar-refractivity contribution in [2.45, 2.75) is 0 Å². The molecule has 1 heterocycles. The fourth-order valence-electron chi connectivity index (χ4n) is 1.49. The van der Waals surface area contributed by atoms with Gasteiger partial charge in [-0.15, -0.1) is 0 Å². The van der Waals surface area contributed by atoms with Crippen LogP contribution in [0.2, 0.25) is 0 Å². The van der Waals surface area contributed by atoms with Crippen molar-refractivity contribution >= 4 is 22.6 Å². The van der Waals surface area contributed by atoms with Gasteiger partial charge in [-0.25, -0.2) is 4.79 Å². The van der Waals surface area contributed by atoms with Crippen molar-refractivity contribution in [3.63, 3.8) is 0 Å². The van der Waals surface area contributed by atoms with Crippen molar-refractivity contribution in [3.8, 4) is 5.75 Å². The lowest BCUT2D eigenvalue weighted by atomic mass is 10.2. The minimum absolute atomic E-state index is 0.602. The second-order valence-electron chi connectivity index (χ2n) is 3.23. The minimum atomic E-state index is -0.602. The zero-order valence-electron chi connectivity index (χ0n) is 8.73. The maximum atomic E-state index is 10.8. The van der Waals surface area contributed by atoms with Gasteiger partial charge in [-0.2, -0.15) is 0 Å². The van der Waals surface area contributed by atoms with Gasteiger partial charge in [0.2, 0.25) is 0 Å². The molecule has 16 heavy (non-hydrogen) atoms. The molecule has 0 atom stereocenters. The van der Waals surface area contributed by atoms with E-state index in [0.29, 0.717) is 11.4 Å². The van der Waals surface area contributed by atoms with Crippen LogP contribution in [0.1, 0.15) is 0 Å². The smallest absolute Gasteiger partial charge is 0.316 e. The number of nitrogens with two attached hydrogens (primary N) is 1. The standard InChI is InChI=1S/C11H11N3O2/c1-16-7-2-3-9-8(6-7)10(4-5-13-9)14-11(12)15/h2-6H,1H3,(H3,12,13,14,15). The largest absolute Gasteiger partial charge is 0.497 e. The molecule has 0 aliphatic heterocycles. The van der Waals surface area contributed by atoms with Gasteiger partial charge in [-0.05, 0) is 24.3 Å². The van der Waals surface area contributed by atoms with Crippen LogP contribution in [0.25, 0.3) is 10.9 Å². The van der Waals surface area contributed by atoms with Gasteiger partial charge < -0.3 is 15.8 Å². The Hall–Kier alpha value is -2.30. The molecule has 82 valence electrons. The van der Waals surface area contributed by atoms with Gasteiger partial charge in [0.1, 0.15) is 5.75 Å². The summed E-state index contributed by atoms with van der Waals surface area (Å²) in [5, 5.41) is 3.33. The Morgan fingerprint density at radius 2 is 2.25 bits per heavy atom. The van der Waals surface area contributed by atoms with E-state index in [1.807, 2.05) is 12.1 Å². The second-order valence-corrected chi connectivity index (χ2v) is 3.23. The van der Waals surface area contributed by atoms with Crippen molar-refractivity contribution in [2.24, 2.45) is 5.73 Å². The van der Waals surface area contributed by atoms with Crippen molar-refractivity contribution < 1.29 is 9.53 Å². The third-order valence-electron chi connectivity index (χ3n) is 2.21. The number of carbonyl (C=O) groups excluding carboxylic acids is 1. The molecule has 0 saturated heterocycles. The molecule has 0 radical (unpaired) electrons. The Morgan fingerprint density at radius 3 is 2.94 bits per heavy atom. The van der Waals surface area contributed by atoms with Crippen LogP contribution in [0, 0.1) is 0 Å². The molecule has 5 nitrogen and oxygen atoms in total. The Bertz CT molecular complexity index is 540. The summed E-state index contributed by atoms with van der Waals surface area (Å²) in [5.41, 5.74) is 6.48. The number of carbonyl (C=O) groups is 1. The molecule has 0 spiro atoms. The van der Waals surface area contributed by atoms with Crippen molar-refractivity contribution in [1.82, 2.24) is 4.98 Å². The fourth-order valence-corrected chi connectivity index (χ4v) is 1.49. The number of hydrogen-bond donors (Lipinski definition) is 2. The summed E-state index contributed by atoms with van der Waals surface area (Å²) < 4.78 is 5.11. The van der Waals surface area contributed by atoms with E-state index in [9.17, 15) is 4.79 Å². The molecule has 0 fully saturated rings. The van der Waals surface area contributed by atoms with Crippen molar-refractivity contribution in [3.05, 3.63) is 30.5 Å². The molecule has 0 unspecified atom stereocenters. The van der Waals surface area contributed by atoms with E-state index >= 15 is 0 Å². The van der Waals surface area contributed by atoms with Crippen LogP contribution < -0.4 is 15.8 Å². The molecule has 5 heteroatoms. The number of fused-ring (bicyclic) bond motifs is 1. The second kappa shape index (κ2) is 4.06. The highest BCUT2D eigenvalue weighted by atomic mass is 16.5. The predicted molar refractivity (Wildman–Crippen MR) is 61.5 cm³/mol. The average Bonchev–Trinajstić information content (AvgIpc) is 2.28. The quantitative estimate of drug-likeness (QED) is 0.804. The van der Waals surface area contributed by atoms with Gasteiger partial charge in [-0.3, -0.25) is 4.98 Å². The maximum Gasteiger partial charge on any atom is 0.316 e. The van der Waals surface area contributed by atoms with Crippen LogP contribution in [0.3, 0.4) is 0 Å². The number of anilines is 1. The van der Waals surface area contributed by atoms with Crippen LogP contribution in [-0.2, 0) is 0 Å². The first-order chi connectivity index (χ1) is 7.70. The zero-order valence-corrected chi connectivity index (χ0v) is 8.73. The lowest BCUT2D eigenvalue weighted by Crippen LogP contribution is -2.19. The van der Waals surface area contributed by atoms with Gasteiger partial charge in [0.15, 0.2) is 0 Å². The molecule has 2 amide bonds. The lowest BCUT2D eigenvalue weighted by Gasteiger charge is -2.07. The Morgan fingerprint density at radius 1 is 1.44 bits per heavy atom. The molecule has 0 aliphatic rings. The summed E-state index contributed by atoms with van der Waals surface area (Å²) in [7, 11) is 1.58. The van der Waals surface area contributed by atoms with Gasteiger partial charge in [0.05, 0.1) is 18.3 Å². The number of rotatable bonds is 2. The van der Waals surface area contributed by atoms with E-state index in [1.165, 1.54) is 0 Å². The Labute approximate surface area is 92.2 Å². The zero-order chi connectivity index (χ0) is 11.5. The van der Waals surface area contributed by atoms with Crippen LogP contribution in [0.15, 0.2) is 30.5 Å². The van der Waals surface area contributed by atoms with Crippen LogP contribution in [0.4, 0.5) is 10.5 Å². The number of primary amides is 1. The van der Waals surface area contributed by atoms with E-state index in [4.69, 9.17) is 10.5 Å². The molecule has 2 rings (SSSR count). The number of ether oxygens (including phenoxy) is 1. The summed E-state index contributed by atoms with van der Waals surface area (Å²) in [4.78, 5) is 15.0. The number of urea groups is 1. The van der Waals surface area contributed by atoms with Crippen LogP contribution >= 0.6 is 0 Å². The highest BCUT2D eigenvalue weighted by Gasteiger charge is 2.04. The Kier molecular flexibility index (Phi) is 2.59. The number of amides is 2. The van der Waals surface area contributed by atoms with Gasteiger partial charge in [0, 0.05) is 11.6 Å². The van der Waals surface area contributed by atoms with Gasteiger partial charge in [-0.1, -0.05) is 0 Å². The number of nitrogens with zero attached hydrogens (tertiary/aromatic N) is 1. The third-order valence-corrected chi connectivity index (χ3v) is 2.21. The number of nitrogens with one attached hydrogen (secondary N) is 1. The van der Waals surface area contributed by atoms with Crippen molar-refractivity contribution in [2.75, 3.05) is 12.4 Å². The van der Waals surface area contributed by atoms with E-state index < -0.39 is 6.03 Å². The third kappa shape index (κ3) is 1.88. The number of hydrogen-bond acceptors (Lipinski definition) is 3. The highest BCUT2D eigenvalue weighted by molar-refractivity contribution is 6.00. The van der Waals surface area contributed by atoms with Gasteiger partial charge >= 0.3 is 6.03 Å². The molecule has 0 bridgehead atoms. The maximum absolute atomic E-state index is 10.8. The highest BCUT2D eigenvalue weighted by Crippen LogP contribution is 2.25. The number of benzene rings is 1. The molecular formula is C11H11N3O2. The summed E-state index contributed by atoms with van der Waals surface area (Å²) in [6.07, 6.45) is 1.61. The van der Waals surface area contributed by atoms with E-state index in [2.05, 4.69) is 10.3 Å². The van der Waals surface area contributed by atoms with Crippen LogP contribution in [0.5, 0.6) is 5.75 Å². The number of pyridine rings is 1. The van der Waals surface area contributed by atoms with Crippen LogP contribution in [-0.4, -0.2) is 18.1 Å². The molecule has 2 aromatic rings.